The number of halogens is 2. The molecule has 0 atom stereocenters. The highest BCUT2D eigenvalue weighted by atomic mass is 79.9. The topological polar surface area (TPSA) is 29.5 Å². The van der Waals surface area contributed by atoms with Crippen molar-refractivity contribution < 1.29 is 9.53 Å². The second kappa shape index (κ2) is 11.3. The first-order valence-electron chi connectivity index (χ1n) is 11.8. The van der Waals surface area contributed by atoms with Crippen molar-refractivity contribution in [2.75, 3.05) is 0 Å². The molecule has 0 aliphatic heterocycles. The second-order valence-corrected chi connectivity index (χ2v) is 16.6. The lowest BCUT2D eigenvalue weighted by molar-refractivity contribution is 0.473. The molecule has 0 fully saturated rings. The Balaban J connectivity index is 0.000000226. The van der Waals surface area contributed by atoms with Crippen LogP contribution in [0.1, 0.15) is 41.5 Å². The fourth-order valence-corrected chi connectivity index (χ4v) is 11.5. The van der Waals surface area contributed by atoms with E-state index in [1.807, 2.05) is 30.3 Å². The highest BCUT2D eigenvalue weighted by molar-refractivity contribution is 9.11. The predicted molar refractivity (Wildman–Crippen MR) is 157 cm³/mol. The maximum absolute atomic E-state index is 9.37. The van der Waals surface area contributed by atoms with Crippen LogP contribution < -0.4 is 4.43 Å². The van der Waals surface area contributed by atoms with Crippen LogP contribution in [0.3, 0.4) is 0 Å². The lowest BCUT2D eigenvalue weighted by Gasteiger charge is -2.42. The van der Waals surface area contributed by atoms with Crippen molar-refractivity contribution in [3.63, 3.8) is 0 Å². The summed E-state index contributed by atoms with van der Waals surface area (Å²) in [4.78, 5) is 0. The van der Waals surface area contributed by atoms with E-state index in [4.69, 9.17) is 4.43 Å². The third kappa shape index (κ3) is 5.37. The molecule has 0 aromatic heterocycles. The van der Waals surface area contributed by atoms with Crippen LogP contribution in [0.15, 0.2) is 81.7 Å². The Bertz CT molecular complexity index is 1250. The molecular formula is C29H34Br2O2Si. The van der Waals surface area contributed by atoms with Gasteiger partial charge in [0, 0.05) is 0 Å². The summed E-state index contributed by atoms with van der Waals surface area (Å²) in [7, 11) is -1.92. The molecule has 0 bridgehead atoms. The van der Waals surface area contributed by atoms with Crippen LogP contribution in [-0.2, 0) is 0 Å². The van der Waals surface area contributed by atoms with Crippen molar-refractivity contribution in [2.24, 2.45) is 0 Å². The van der Waals surface area contributed by atoms with Crippen LogP contribution in [0, 0.1) is 0 Å². The summed E-state index contributed by atoms with van der Waals surface area (Å²) in [5.41, 5.74) is 1.72. The van der Waals surface area contributed by atoms with E-state index in [1.165, 1.54) is 10.8 Å². The lowest BCUT2D eigenvalue weighted by Crippen LogP contribution is -2.50. The van der Waals surface area contributed by atoms with Crippen LogP contribution in [-0.4, -0.2) is 13.4 Å². The largest absolute Gasteiger partial charge is 0.542 e. The van der Waals surface area contributed by atoms with Gasteiger partial charge in [-0.1, -0.05) is 102 Å². The zero-order valence-electron chi connectivity index (χ0n) is 20.8. The minimum absolute atomic E-state index is 0.286. The predicted octanol–water partition coefficient (Wildman–Crippen LogP) is 10.5. The average molecular weight is 602 g/mol. The van der Waals surface area contributed by atoms with Crippen LogP contribution >= 0.6 is 31.9 Å². The van der Waals surface area contributed by atoms with Gasteiger partial charge >= 0.3 is 0 Å². The van der Waals surface area contributed by atoms with Crippen molar-refractivity contribution >= 4 is 61.7 Å². The first-order valence-corrected chi connectivity index (χ1v) is 15.5. The molecule has 4 aromatic rings. The fraction of sp³-hybridized carbons (Fsp3) is 0.310. The Morgan fingerprint density at radius 1 is 0.618 bits per heavy atom. The van der Waals surface area contributed by atoms with Gasteiger partial charge in [-0.3, -0.25) is 0 Å². The Labute approximate surface area is 221 Å². The molecule has 2 nitrogen and oxygen atoms in total. The Hall–Kier alpha value is -1.82. The van der Waals surface area contributed by atoms with Crippen LogP contribution in [0.2, 0.25) is 16.6 Å². The van der Waals surface area contributed by atoms with Gasteiger partial charge in [0.2, 0.25) is 0 Å². The zero-order valence-corrected chi connectivity index (χ0v) is 24.9. The van der Waals surface area contributed by atoms with Crippen molar-refractivity contribution in [3.8, 4) is 11.5 Å². The van der Waals surface area contributed by atoms with Gasteiger partial charge in [0.25, 0.3) is 8.32 Å². The number of phenols is 1. The molecule has 0 amide bonds. The second-order valence-electron chi connectivity index (χ2n) is 9.64. The third-order valence-corrected chi connectivity index (χ3v) is 14.3. The smallest absolute Gasteiger partial charge is 0.258 e. The molecular weight excluding hydrogens is 568 g/mol. The molecule has 0 heterocycles. The molecule has 0 spiro atoms. The average Bonchev–Trinajstić information content (AvgIpc) is 2.81. The van der Waals surface area contributed by atoms with Crippen LogP contribution in [0.4, 0.5) is 0 Å². The number of hydrogen-bond acceptors (Lipinski definition) is 2. The van der Waals surface area contributed by atoms with Gasteiger partial charge in [0.15, 0.2) is 0 Å². The summed E-state index contributed by atoms with van der Waals surface area (Å²) in [6.07, 6.45) is 0. The molecule has 0 radical (unpaired) electrons. The van der Waals surface area contributed by atoms with E-state index in [0.29, 0.717) is 16.6 Å². The Morgan fingerprint density at radius 3 is 1.56 bits per heavy atom. The van der Waals surface area contributed by atoms with Crippen molar-refractivity contribution in [3.05, 3.63) is 81.7 Å². The van der Waals surface area contributed by atoms with E-state index in [1.54, 1.807) is 6.07 Å². The van der Waals surface area contributed by atoms with Crippen molar-refractivity contribution in [1.29, 1.82) is 0 Å². The molecule has 34 heavy (non-hydrogen) atoms. The molecule has 0 saturated carbocycles. The molecule has 4 aromatic carbocycles. The highest BCUT2D eigenvalue weighted by Crippen LogP contribution is 2.45. The molecule has 0 unspecified atom stereocenters. The summed E-state index contributed by atoms with van der Waals surface area (Å²) in [6.45, 7) is 13.9. The number of rotatable bonds is 5. The van der Waals surface area contributed by atoms with E-state index < -0.39 is 8.32 Å². The fourth-order valence-electron chi connectivity index (χ4n) is 5.06. The van der Waals surface area contributed by atoms with Crippen molar-refractivity contribution in [2.45, 2.75) is 58.2 Å². The molecule has 4 rings (SSSR count). The van der Waals surface area contributed by atoms with Gasteiger partial charge in [-0.05, 0) is 82.2 Å². The van der Waals surface area contributed by atoms with Crippen molar-refractivity contribution in [1.82, 2.24) is 0 Å². The first-order chi connectivity index (χ1) is 16.1. The Kier molecular flexibility index (Phi) is 8.88. The van der Waals surface area contributed by atoms with Crippen LogP contribution in [0.5, 0.6) is 11.5 Å². The maximum Gasteiger partial charge on any atom is 0.258 e. The SMILES string of the molecule is CC(C)[Si](Oc1ccc2ccccc2c1Br)(C(C)C)C(C)C.Oc1ccc2ccccc2c1Br. The first kappa shape index (κ1) is 26.8. The molecule has 180 valence electrons. The van der Waals surface area contributed by atoms with E-state index >= 15 is 0 Å². The van der Waals surface area contributed by atoms with Gasteiger partial charge in [-0.15, -0.1) is 0 Å². The number of aromatic hydroxyl groups is 1. The minimum atomic E-state index is -1.92. The minimum Gasteiger partial charge on any atom is -0.542 e. The molecule has 0 aliphatic carbocycles. The van der Waals surface area contributed by atoms with Gasteiger partial charge in [0.05, 0.1) is 8.95 Å². The van der Waals surface area contributed by atoms with Gasteiger partial charge in [-0.25, -0.2) is 0 Å². The Morgan fingerprint density at radius 2 is 1.06 bits per heavy atom. The summed E-state index contributed by atoms with van der Waals surface area (Å²) >= 11 is 7.11. The monoisotopic (exact) mass is 600 g/mol. The summed E-state index contributed by atoms with van der Waals surface area (Å²) in [5, 5.41) is 14.0. The molecule has 0 aliphatic rings. The molecule has 0 saturated heterocycles. The van der Waals surface area contributed by atoms with Gasteiger partial charge < -0.3 is 9.53 Å². The molecule has 5 heteroatoms. The summed E-state index contributed by atoms with van der Waals surface area (Å²) in [6, 6.07) is 24.2. The van der Waals surface area contributed by atoms with E-state index in [0.717, 1.165) is 25.5 Å². The highest BCUT2D eigenvalue weighted by Gasteiger charge is 2.47. The van der Waals surface area contributed by atoms with Gasteiger partial charge in [0.1, 0.15) is 11.5 Å². The normalized spacial score (nSPS) is 11.9. The number of fused-ring (bicyclic) bond motifs is 2. The zero-order chi connectivity index (χ0) is 25.0. The summed E-state index contributed by atoms with van der Waals surface area (Å²) in [5.74, 6) is 1.29. The number of benzene rings is 4. The number of phenolic OH excluding ortho intramolecular Hbond substituents is 1. The van der Waals surface area contributed by atoms with E-state index in [-0.39, 0.29) is 5.75 Å². The number of hydrogen-bond donors (Lipinski definition) is 1. The van der Waals surface area contributed by atoms with E-state index in [9.17, 15) is 5.11 Å². The summed E-state index contributed by atoms with van der Waals surface area (Å²) < 4.78 is 8.67. The standard InChI is InChI=1S/C19H27BrOSi.C10H7BrO/c1-13(2)22(14(3)4,15(5)6)21-18-12-11-16-9-7-8-10-17(16)19(18)20;11-10-8-4-2-1-3-7(8)5-6-9(10)12/h7-15H,1-6H3;1-6,12H. The van der Waals surface area contributed by atoms with E-state index in [2.05, 4.69) is 110 Å². The maximum atomic E-state index is 9.37. The molecule has 1 N–H and O–H groups in total. The quantitative estimate of drug-likeness (QED) is 0.230. The lowest BCUT2D eigenvalue weighted by atomic mass is 10.1. The third-order valence-electron chi connectivity index (χ3n) is 6.66. The van der Waals surface area contributed by atoms with Gasteiger partial charge in [-0.2, -0.15) is 0 Å². The van der Waals surface area contributed by atoms with Crippen LogP contribution in [0.25, 0.3) is 21.5 Å².